The van der Waals surface area contributed by atoms with Crippen LogP contribution < -0.4 is 10.6 Å². The molecule has 24 heavy (non-hydrogen) atoms. The Bertz CT molecular complexity index is 757. The molecule has 0 atom stereocenters. The molecule has 2 N–H and O–H groups in total. The summed E-state index contributed by atoms with van der Waals surface area (Å²) in [6.45, 7) is 3.85. The zero-order chi connectivity index (χ0) is 17.5. The zero-order valence-electron chi connectivity index (χ0n) is 13.3. The van der Waals surface area contributed by atoms with Gasteiger partial charge < -0.3 is 15.4 Å². The Morgan fingerprint density at radius 1 is 1.04 bits per heavy atom. The molecule has 0 radical (unpaired) electrons. The number of nitrogens with one attached hydrogen (secondary N) is 2. The van der Waals surface area contributed by atoms with E-state index in [2.05, 4.69) is 15.6 Å². The predicted molar refractivity (Wildman–Crippen MR) is 88.6 cm³/mol. The number of hydrogen-bond acceptors (Lipinski definition) is 5. The van der Waals surface area contributed by atoms with Crippen molar-refractivity contribution in [2.45, 2.75) is 13.8 Å². The maximum atomic E-state index is 11.9. The van der Waals surface area contributed by atoms with Crippen LogP contribution in [0.3, 0.4) is 0 Å². The third-order valence-corrected chi connectivity index (χ3v) is 3.02. The van der Waals surface area contributed by atoms with Crippen molar-refractivity contribution in [3.05, 3.63) is 53.7 Å². The topological polar surface area (TPSA) is 97.4 Å². The maximum absolute atomic E-state index is 11.9. The SMILES string of the molecule is CCOC(=O)c1ccc(NC(=O)C(=O)Nc2cc(C)ccn2)cc1. The van der Waals surface area contributed by atoms with E-state index in [-0.39, 0.29) is 6.61 Å². The van der Waals surface area contributed by atoms with E-state index in [1.807, 2.05) is 6.92 Å². The van der Waals surface area contributed by atoms with Gasteiger partial charge in [-0.25, -0.2) is 9.78 Å². The molecule has 124 valence electrons. The standard InChI is InChI=1S/C17H17N3O4/c1-3-24-17(23)12-4-6-13(7-5-12)19-15(21)16(22)20-14-10-11(2)8-9-18-14/h4-10H,3H2,1-2H3,(H,19,21)(H,18,20,22). The molecule has 0 saturated heterocycles. The van der Waals surface area contributed by atoms with Crippen molar-refractivity contribution in [2.24, 2.45) is 0 Å². The minimum Gasteiger partial charge on any atom is -0.462 e. The highest BCUT2D eigenvalue weighted by Gasteiger charge is 2.15. The van der Waals surface area contributed by atoms with E-state index in [4.69, 9.17) is 4.74 Å². The lowest BCUT2D eigenvalue weighted by atomic mass is 10.2. The Labute approximate surface area is 139 Å². The number of amides is 2. The van der Waals surface area contributed by atoms with Gasteiger partial charge in [-0.1, -0.05) is 0 Å². The van der Waals surface area contributed by atoms with Crippen LogP contribution in [-0.4, -0.2) is 29.4 Å². The first-order valence-electron chi connectivity index (χ1n) is 7.31. The molecule has 0 spiro atoms. The van der Waals surface area contributed by atoms with Crippen LogP contribution in [0, 0.1) is 6.92 Å². The largest absolute Gasteiger partial charge is 0.462 e. The van der Waals surface area contributed by atoms with Gasteiger partial charge in [0.25, 0.3) is 0 Å². The summed E-state index contributed by atoms with van der Waals surface area (Å²) in [7, 11) is 0. The number of hydrogen-bond donors (Lipinski definition) is 2. The van der Waals surface area contributed by atoms with Crippen molar-refractivity contribution in [3.8, 4) is 0 Å². The van der Waals surface area contributed by atoms with Crippen LogP contribution in [0.15, 0.2) is 42.6 Å². The lowest BCUT2D eigenvalue weighted by Crippen LogP contribution is -2.29. The number of carbonyl (C=O) groups is 3. The van der Waals surface area contributed by atoms with Crippen LogP contribution in [-0.2, 0) is 14.3 Å². The molecule has 0 aliphatic rings. The van der Waals surface area contributed by atoms with E-state index in [1.54, 1.807) is 19.1 Å². The van der Waals surface area contributed by atoms with Crippen LogP contribution in [0.25, 0.3) is 0 Å². The molecule has 7 nitrogen and oxygen atoms in total. The first-order valence-corrected chi connectivity index (χ1v) is 7.31. The molecule has 0 fully saturated rings. The van der Waals surface area contributed by atoms with Gasteiger partial charge in [-0.3, -0.25) is 9.59 Å². The Morgan fingerprint density at radius 3 is 2.33 bits per heavy atom. The summed E-state index contributed by atoms with van der Waals surface area (Å²) in [5.74, 6) is -1.81. The highest BCUT2D eigenvalue weighted by molar-refractivity contribution is 6.43. The van der Waals surface area contributed by atoms with E-state index >= 15 is 0 Å². The third-order valence-electron chi connectivity index (χ3n) is 3.02. The lowest BCUT2D eigenvalue weighted by molar-refractivity contribution is -0.133. The summed E-state index contributed by atoms with van der Waals surface area (Å²) in [6, 6.07) is 9.48. The molecule has 2 rings (SSSR count). The molecule has 1 aromatic carbocycles. The van der Waals surface area contributed by atoms with Crippen molar-refractivity contribution in [1.82, 2.24) is 4.98 Å². The molecule has 7 heteroatoms. The van der Waals surface area contributed by atoms with Gasteiger partial charge in [-0.2, -0.15) is 0 Å². The molecule has 0 aliphatic heterocycles. The molecular formula is C17H17N3O4. The first kappa shape index (κ1) is 17.1. The molecule has 0 unspecified atom stereocenters. The lowest BCUT2D eigenvalue weighted by Gasteiger charge is -2.07. The van der Waals surface area contributed by atoms with Gasteiger partial charge in [0.2, 0.25) is 0 Å². The van der Waals surface area contributed by atoms with Crippen LogP contribution in [0.2, 0.25) is 0 Å². The fourth-order valence-electron chi connectivity index (χ4n) is 1.87. The van der Waals surface area contributed by atoms with Crippen molar-refractivity contribution < 1.29 is 19.1 Å². The third kappa shape index (κ3) is 4.64. The van der Waals surface area contributed by atoms with E-state index in [0.29, 0.717) is 17.1 Å². The van der Waals surface area contributed by atoms with Gasteiger partial charge in [-0.05, 0) is 55.8 Å². The quantitative estimate of drug-likeness (QED) is 0.662. The summed E-state index contributed by atoms with van der Waals surface area (Å²) in [5, 5.41) is 4.86. The first-order chi connectivity index (χ1) is 11.5. The average Bonchev–Trinajstić information content (AvgIpc) is 2.55. The zero-order valence-corrected chi connectivity index (χ0v) is 13.3. The monoisotopic (exact) mass is 327 g/mol. The van der Waals surface area contributed by atoms with Gasteiger partial charge in [0, 0.05) is 11.9 Å². The highest BCUT2D eigenvalue weighted by Crippen LogP contribution is 2.11. The number of esters is 1. The second-order valence-corrected chi connectivity index (χ2v) is 4.92. The maximum Gasteiger partial charge on any atom is 0.338 e. The summed E-state index contributed by atoms with van der Waals surface area (Å²) in [4.78, 5) is 39.2. The summed E-state index contributed by atoms with van der Waals surface area (Å²) in [6.07, 6.45) is 1.54. The number of ether oxygens (including phenoxy) is 1. The Balaban J connectivity index is 1.96. The predicted octanol–water partition coefficient (Wildman–Crippen LogP) is 2.14. The second kappa shape index (κ2) is 7.87. The van der Waals surface area contributed by atoms with Crippen LogP contribution in [0.1, 0.15) is 22.8 Å². The molecule has 1 aromatic heterocycles. The number of nitrogens with zero attached hydrogens (tertiary/aromatic N) is 1. The van der Waals surface area contributed by atoms with E-state index in [9.17, 15) is 14.4 Å². The van der Waals surface area contributed by atoms with Crippen LogP contribution in [0.4, 0.5) is 11.5 Å². The van der Waals surface area contributed by atoms with E-state index < -0.39 is 17.8 Å². The van der Waals surface area contributed by atoms with Gasteiger partial charge in [-0.15, -0.1) is 0 Å². The summed E-state index contributed by atoms with van der Waals surface area (Å²) < 4.78 is 4.87. The number of carbonyl (C=O) groups excluding carboxylic acids is 3. The van der Waals surface area contributed by atoms with E-state index in [0.717, 1.165) is 5.56 Å². The number of aryl methyl sites for hydroxylation is 1. The van der Waals surface area contributed by atoms with Crippen molar-refractivity contribution in [2.75, 3.05) is 17.2 Å². The summed E-state index contributed by atoms with van der Waals surface area (Å²) in [5.41, 5.74) is 1.67. The highest BCUT2D eigenvalue weighted by atomic mass is 16.5. The number of pyridine rings is 1. The smallest absolute Gasteiger partial charge is 0.338 e. The fourth-order valence-corrected chi connectivity index (χ4v) is 1.87. The van der Waals surface area contributed by atoms with E-state index in [1.165, 1.54) is 30.5 Å². The number of rotatable bonds is 4. The minimum atomic E-state index is -0.831. The number of anilines is 2. The molecule has 2 amide bonds. The molecule has 2 aromatic rings. The van der Waals surface area contributed by atoms with Crippen molar-refractivity contribution in [1.29, 1.82) is 0 Å². The van der Waals surface area contributed by atoms with Crippen molar-refractivity contribution >= 4 is 29.3 Å². The van der Waals surface area contributed by atoms with Crippen LogP contribution >= 0.6 is 0 Å². The minimum absolute atomic E-state index is 0.282. The summed E-state index contributed by atoms with van der Waals surface area (Å²) >= 11 is 0. The van der Waals surface area contributed by atoms with Crippen LogP contribution in [0.5, 0.6) is 0 Å². The van der Waals surface area contributed by atoms with Gasteiger partial charge in [0.05, 0.1) is 12.2 Å². The second-order valence-electron chi connectivity index (χ2n) is 4.92. The number of benzene rings is 1. The fraction of sp³-hybridized carbons (Fsp3) is 0.176. The van der Waals surface area contributed by atoms with Gasteiger partial charge in [0.1, 0.15) is 5.82 Å². The molecule has 0 aliphatic carbocycles. The Kier molecular flexibility index (Phi) is 5.62. The normalized spacial score (nSPS) is 9.92. The molecular weight excluding hydrogens is 310 g/mol. The van der Waals surface area contributed by atoms with Gasteiger partial charge in [0.15, 0.2) is 0 Å². The molecule has 1 heterocycles. The Hall–Kier alpha value is -3.22. The molecule has 0 bridgehead atoms. The number of aromatic nitrogens is 1. The Morgan fingerprint density at radius 2 is 1.71 bits per heavy atom. The van der Waals surface area contributed by atoms with Gasteiger partial charge >= 0.3 is 17.8 Å². The average molecular weight is 327 g/mol. The van der Waals surface area contributed by atoms with Crippen molar-refractivity contribution in [3.63, 3.8) is 0 Å². The molecule has 0 saturated carbocycles.